The van der Waals surface area contributed by atoms with Crippen LogP contribution in [-0.2, 0) is 0 Å². The number of likely N-dealkylation sites (tertiary alicyclic amines) is 1. The number of aromatic amines is 1. The van der Waals surface area contributed by atoms with Gasteiger partial charge < -0.3 is 30.0 Å². The Morgan fingerprint density at radius 2 is 1.94 bits per heavy atom. The summed E-state index contributed by atoms with van der Waals surface area (Å²) in [4.78, 5) is 26.8. The smallest absolute Gasteiger partial charge is 0.268 e. The lowest BCUT2D eigenvalue weighted by Crippen LogP contribution is -2.57. The van der Waals surface area contributed by atoms with Gasteiger partial charge in [0.2, 0.25) is 0 Å². The monoisotopic (exact) mass is 436 g/mol. The van der Waals surface area contributed by atoms with Gasteiger partial charge in [0.15, 0.2) is 11.5 Å². The molecule has 0 saturated carbocycles. The van der Waals surface area contributed by atoms with Crippen LogP contribution >= 0.6 is 0 Å². The number of carbonyl (C=O) groups excluding carboxylic acids is 1. The van der Waals surface area contributed by atoms with Crippen LogP contribution in [0.4, 0.5) is 5.82 Å². The number of H-pyrrole nitrogens is 1. The lowest BCUT2D eigenvalue weighted by atomic mass is 9.95. The fourth-order valence-corrected chi connectivity index (χ4v) is 4.27. The highest BCUT2D eigenvalue weighted by atomic mass is 16.6. The highest BCUT2D eigenvalue weighted by molar-refractivity contribution is 6.00. The first kappa shape index (κ1) is 20.6. The molecule has 4 heterocycles. The largest absolute Gasteiger partial charge is 0.486 e. The third-order valence-electron chi connectivity index (χ3n) is 5.95. The Balaban J connectivity index is 1.40. The van der Waals surface area contributed by atoms with Crippen LogP contribution in [0.15, 0.2) is 30.6 Å². The normalized spacial score (nSPS) is 17.2. The molecule has 1 fully saturated rings. The Labute approximate surface area is 186 Å². The molecule has 3 N–H and O–H groups in total. The molecule has 1 atom stereocenters. The summed E-state index contributed by atoms with van der Waals surface area (Å²) in [6.07, 6.45) is 1.50. The minimum Gasteiger partial charge on any atom is -0.486 e. The van der Waals surface area contributed by atoms with Crippen molar-refractivity contribution in [2.24, 2.45) is 5.92 Å². The van der Waals surface area contributed by atoms with Gasteiger partial charge in [-0.05, 0) is 36.7 Å². The molecule has 5 rings (SSSR count). The van der Waals surface area contributed by atoms with Crippen molar-refractivity contribution >= 4 is 22.8 Å². The van der Waals surface area contributed by atoms with E-state index in [0.29, 0.717) is 30.4 Å². The molecule has 0 unspecified atom stereocenters. The number of rotatable bonds is 6. The molecule has 9 heteroatoms. The van der Waals surface area contributed by atoms with E-state index < -0.39 is 0 Å². The van der Waals surface area contributed by atoms with Gasteiger partial charge in [-0.3, -0.25) is 4.79 Å². The van der Waals surface area contributed by atoms with E-state index in [2.05, 4.69) is 50.4 Å². The van der Waals surface area contributed by atoms with Gasteiger partial charge in [-0.1, -0.05) is 19.9 Å². The lowest BCUT2D eigenvalue weighted by molar-refractivity contribution is 0.0853. The maximum Gasteiger partial charge on any atom is 0.268 e. The highest BCUT2D eigenvalue weighted by Crippen LogP contribution is 2.36. The summed E-state index contributed by atoms with van der Waals surface area (Å²) in [6.45, 7) is 7.15. The molecule has 2 aliphatic heterocycles. The van der Waals surface area contributed by atoms with Crippen molar-refractivity contribution in [1.29, 1.82) is 0 Å². The third-order valence-corrected chi connectivity index (χ3v) is 5.95. The van der Waals surface area contributed by atoms with Gasteiger partial charge in [-0.25, -0.2) is 9.97 Å². The van der Waals surface area contributed by atoms with Gasteiger partial charge in [-0.15, -0.1) is 0 Å². The second-order valence-corrected chi connectivity index (χ2v) is 8.83. The minimum absolute atomic E-state index is 0.0124. The van der Waals surface area contributed by atoms with E-state index in [1.165, 1.54) is 6.33 Å². The first-order chi connectivity index (χ1) is 15.5. The molecule has 1 saturated heterocycles. The molecular formula is C23H28N6O3. The van der Waals surface area contributed by atoms with Crippen molar-refractivity contribution in [3.8, 4) is 11.5 Å². The number of anilines is 1. The maximum atomic E-state index is 12.7. The number of hydrogen-bond donors (Lipinski definition) is 3. The van der Waals surface area contributed by atoms with Crippen LogP contribution in [0, 0.1) is 5.92 Å². The summed E-state index contributed by atoms with van der Waals surface area (Å²) in [7, 11) is 2.03. The molecule has 2 aromatic heterocycles. The number of benzene rings is 1. The van der Waals surface area contributed by atoms with Gasteiger partial charge in [0.25, 0.3) is 5.91 Å². The van der Waals surface area contributed by atoms with Crippen LogP contribution in [0.3, 0.4) is 0 Å². The summed E-state index contributed by atoms with van der Waals surface area (Å²) in [5.74, 6) is 2.36. The Morgan fingerprint density at radius 3 is 2.69 bits per heavy atom. The molecule has 0 aliphatic carbocycles. The number of fused-ring (bicyclic) bond motifs is 2. The van der Waals surface area contributed by atoms with E-state index in [9.17, 15) is 4.79 Å². The maximum absolute atomic E-state index is 12.7. The first-order valence-corrected chi connectivity index (χ1v) is 11.0. The molecule has 32 heavy (non-hydrogen) atoms. The van der Waals surface area contributed by atoms with Crippen LogP contribution < -0.4 is 20.1 Å². The van der Waals surface area contributed by atoms with E-state index >= 15 is 0 Å². The molecule has 1 aromatic carbocycles. The molecule has 3 aromatic rings. The number of nitrogens with one attached hydrogen (secondary N) is 3. The van der Waals surface area contributed by atoms with Crippen molar-refractivity contribution in [2.75, 3.05) is 38.7 Å². The molecule has 168 valence electrons. The van der Waals surface area contributed by atoms with Crippen molar-refractivity contribution in [1.82, 2.24) is 25.2 Å². The van der Waals surface area contributed by atoms with Crippen molar-refractivity contribution in [3.05, 3.63) is 41.9 Å². The average molecular weight is 437 g/mol. The van der Waals surface area contributed by atoms with E-state index in [-0.39, 0.29) is 23.9 Å². The predicted octanol–water partition coefficient (Wildman–Crippen LogP) is 2.58. The lowest BCUT2D eigenvalue weighted by Gasteiger charge is -2.36. The van der Waals surface area contributed by atoms with Crippen LogP contribution in [0.2, 0.25) is 0 Å². The number of ether oxygens (including phenoxy) is 2. The first-order valence-electron chi connectivity index (χ1n) is 11.0. The summed E-state index contributed by atoms with van der Waals surface area (Å²) < 4.78 is 11.4. The number of aromatic nitrogens is 3. The van der Waals surface area contributed by atoms with Crippen LogP contribution in [0.1, 0.15) is 35.9 Å². The predicted molar refractivity (Wildman–Crippen MR) is 121 cm³/mol. The van der Waals surface area contributed by atoms with E-state index in [1.54, 1.807) is 0 Å². The van der Waals surface area contributed by atoms with Crippen molar-refractivity contribution in [3.63, 3.8) is 0 Å². The van der Waals surface area contributed by atoms with E-state index in [4.69, 9.17) is 9.47 Å². The molecule has 0 bridgehead atoms. The zero-order valence-corrected chi connectivity index (χ0v) is 18.5. The second kappa shape index (κ2) is 8.31. The zero-order valence-electron chi connectivity index (χ0n) is 18.5. The standard InChI is InChI=1S/C23H28N6O3/c1-13(2)20(14-4-5-18-19(8-14)32-7-6-31-18)28-22-16-9-17(27-21(16)24-12-25-22)23(30)26-15-10-29(3)11-15/h4-5,8-9,12-13,15,20H,6-7,10-11H2,1-3H3,(H,26,30)(H2,24,25,27,28)/t20-/m1/s1. The molecule has 1 amide bonds. The van der Waals surface area contributed by atoms with E-state index in [1.807, 2.05) is 25.2 Å². The molecular weight excluding hydrogens is 408 g/mol. The summed E-state index contributed by atoms with van der Waals surface area (Å²) in [5, 5.41) is 7.39. The van der Waals surface area contributed by atoms with Gasteiger partial charge in [0, 0.05) is 13.1 Å². The van der Waals surface area contributed by atoms with Crippen LogP contribution in [-0.4, -0.2) is 65.2 Å². The number of amides is 1. The quantitative estimate of drug-likeness (QED) is 0.546. The Morgan fingerprint density at radius 1 is 1.16 bits per heavy atom. The van der Waals surface area contributed by atoms with Crippen LogP contribution in [0.25, 0.3) is 11.0 Å². The number of hydrogen-bond acceptors (Lipinski definition) is 7. The Kier molecular flexibility index (Phi) is 5.34. The highest BCUT2D eigenvalue weighted by Gasteiger charge is 2.26. The molecule has 2 aliphatic rings. The molecule has 0 radical (unpaired) electrons. The topological polar surface area (TPSA) is 104 Å². The summed E-state index contributed by atoms with van der Waals surface area (Å²) >= 11 is 0. The van der Waals surface area contributed by atoms with E-state index in [0.717, 1.165) is 35.5 Å². The Bertz CT molecular complexity index is 1140. The molecule has 0 spiro atoms. The molecule has 9 nitrogen and oxygen atoms in total. The van der Waals surface area contributed by atoms with Crippen molar-refractivity contribution in [2.45, 2.75) is 25.9 Å². The number of carbonyl (C=O) groups is 1. The van der Waals surface area contributed by atoms with Crippen LogP contribution in [0.5, 0.6) is 11.5 Å². The zero-order chi connectivity index (χ0) is 22.2. The summed E-state index contributed by atoms with van der Waals surface area (Å²) in [6, 6.07) is 8.01. The average Bonchev–Trinajstić information content (AvgIpc) is 3.21. The SMILES string of the molecule is CC(C)[C@@H](Nc1ncnc2[nH]c(C(=O)NC3CN(C)C3)cc12)c1ccc2c(c1)OCCO2. The number of likely N-dealkylation sites (N-methyl/N-ethyl adjacent to an activating group) is 1. The second-order valence-electron chi connectivity index (χ2n) is 8.83. The fraction of sp³-hybridized carbons (Fsp3) is 0.435. The van der Waals surface area contributed by atoms with Gasteiger partial charge >= 0.3 is 0 Å². The minimum atomic E-state index is -0.126. The Hall–Kier alpha value is -3.33. The third kappa shape index (κ3) is 3.95. The fourth-order valence-electron chi connectivity index (χ4n) is 4.27. The van der Waals surface area contributed by atoms with Crippen molar-refractivity contribution < 1.29 is 14.3 Å². The van der Waals surface area contributed by atoms with Gasteiger partial charge in [-0.2, -0.15) is 0 Å². The summed E-state index contributed by atoms with van der Waals surface area (Å²) in [5.41, 5.74) is 2.19. The van der Waals surface area contributed by atoms with Gasteiger partial charge in [0.05, 0.1) is 17.5 Å². The van der Waals surface area contributed by atoms with Gasteiger partial charge in [0.1, 0.15) is 36.7 Å². The number of nitrogens with zero attached hydrogens (tertiary/aromatic N) is 3.